The number of aromatic nitrogens is 3. The molecule has 1 N–H and O–H groups in total. The van der Waals surface area contributed by atoms with Crippen LogP contribution >= 0.6 is 11.6 Å². The Labute approximate surface area is 116 Å². The fraction of sp³-hybridized carbons (Fsp3) is 0.462. The highest BCUT2D eigenvalue weighted by molar-refractivity contribution is 6.30. The van der Waals surface area contributed by atoms with Gasteiger partial charge in [0.15, 0.2) is 5.82 Å². The standard InChI is InChI=1S/C13H14ClN5/c14-11-5-9-12(17-4-3-16-9)13(18-11)19-6-8-1-2-15-10(8)7-19/h3-5,8,10,15H,1-2,6-7H2/t8-,10-/m1/s1. The average molecular weight is 276 g/mol. The molecule has 6 heteroatoms. The van der Waals surface area contributed by atoms with Crippen molar-refractivity contribution in [1.29, 1.82) is 0 Å². The second-order valence-corrected chi connectivity index (χ2v) is 5.59. The van der Waals surface area contributed by atoms with Crippen LogP contribution in [0.5, 0.6) is 0 Å². The lowest BCUT2D eigenvalue weighted by Crippen LogP contribution is -2.30. The van der Waals surface area contributed by atoms with Gasteiger partial charge < -0.3 is 10.2 Å². The van der Waals surface area contributed by atoms with Gasteiger partial charge in [-0.15, -0.1) is 0 Å². The van der Waals surface area contributed by atoms with Crippen LogP contribution in [0.25, 0.3) is 11.0 Å². The summed E-state index contributed by atoms with van der Waals surface area (Å²) in [4.78, 5) is 15.5. The van der Waals surface area contributed by atoms with Gasteiger partial charge in [-0.25, -0.2) is 9.97 Å². The summed E-state index contributed by atoms with van der Waals surface area (Å²) in [6, 6.07) is 2.34. The van der Waals surface area contributed by atoms with Gasteiger partial charge in [0.1, 0.15) is 10.7 Å². The maximum atomic E-state index is 6.10. The molecule has 0 radical (unpaired) electrons. The first kappa shape index (κ1) is 11.4. The van der Waals surface area contributed by atoms with Crippen molar-refractivity contribution in [2.45, 2.75) is 12.5 Å². The van der Waals surface area contributed by atoms with Crippen LogP contribution in [0.15, 0.2) is 18.5 Å². The molecular weight excluding hydrogens is 262 g/mol. The number of nitrogens with one attached hydrogen (secondary N) is 1. The maximum Gasteiger partial charge on any atom is 0.158 e. The Morgan fingerprint density at radius 1 is 1.26 bits per heavy atom. The van der Waals surface area contributed by atoms with Crippen molar-refractivity contribution in [2.24, 2.45) is 5.92 Å². The summed E-state index contributed by atoms with van der Waals surface area (Å²) in [7, 11) is 0. The Balaban J connectivity index is 1.78. The predicted octanol–water partition coefficient (Wildman–Crippen LogP) is 1.48. The summed E-state index contributed by atoms with van der Waals surface area (Å²) in [5.41, 5.74) is 1.65. The topological polar surface area (TPSA) is 53.9 Å². The molecule has 2 aromatic rings. The van der Waals surface area contributed by atoms with E-state index in [1.54, 1.807) is 18.5 Å². The molecule has 4 rings (SSSR count). The van der Waals surface area contributed by atoms with Gasteiger partial charge in [-0.2, -0.15) is 0 Å². The van der Waals surface area contributed by atoms with Crippen LogP contribution in [0.4, 0.5) is 5.82 Å². The monoisotopic (exact) mass is 275 g/mol. The zero-order valence-electron chi connectivity index (χ0n) is 10.4. The second kappa shape index (κ2) is 4.28. The summed E-state index contributed by atoms with van der Waals surface area (Å²) in [5, 5.41) is 4.02. The highest BCUT2D eigenvalue weighted by Crippen LogP contribution is 2.31. The summed E-state index contributed by atoms with van der Waals surface area (Å²) in [6.07, 6.45) is 4.63. The van der Waals surface area contributed by atoms with Gasteiger partial charge in [0.05, 0.1) is 5.52 Å². The van der Waals surface area contributed by atoms with Crippen LogP contribution in [-0.4, -0.2) is 40.6 Å². The van der Waals surface area contributed by atoms with Crippen LogP contribution in [0, 0.1) is 5.92 Å². The Bertz CT molecular complexity index is 619. The number of halogens is 1. The molecule has 4 heterocycles. The number of fused-ring (bicyclic) bond motifs is 2. The second-order valence-electron chi connectivity index (χ2n) is 5.21. The maximum absolute atomic E-state index is 6.10. The van der Waals surface area contributed by atoms with Crippen molar-refractivity contribution in [3.05, 3.63) is 23.6 Å². The summed E-state index contributed by atoms with van der Waals surface area (Å²) >= 11 is 6.10. The fourth-order valence-corrected chi connectivity index (χ4v) is 3.35. The molecule has 0 unspecified atom stereocenters. The van der Waals surface area contributed by atoms with Gasteiger partial charge in [0.25, 0.3) is 0 Å². The fourth-order valence-electron chi connectivity index (χ4n) is 3.17. The highest BCUT2D eigenvalue weighted by Gasteiger charge is 2.37. The van der Waals surface area contributed by atoms with Crippen LogP contribution in [0.2, 0.25) is 5.15 Å². The third-order valence-corrected chi connectivity index (χ3v) is 4.26. The third-order valence-electron chi connectivity index (χ3n) is 4.07. The SMILES string of the molecule is Clc1cc2nccnc2c(N2C[C@H]3CCN[C@@H]3C2)n1. The van der Waals surface area contributed by atoms with E-state index >= 15 is 0 Å². The van der Waals surface area contributed by atoms with Crippen molar-refractivity contribution in [3.63, 3.8) is 0 Å². The molecule has 2 saturated heterocycles. The van der Waals surface area contributed by atoms with E-state index in [1.165, 1.54) is 6.42 Å². The smallest absolute Gasteiger partial charge is 0.158 e. The van der Waals surface area contributed by atoms with Gasteiger partial charge in [-0.05, 0) is 18.9 Å². The van der Waals surface area contributed by atoms with Crippen LogP contribution < -0.4 is 10.2 Å². The Kier molecular flexibility index (Phi) is 2.56. The number of nitrogens with zero attached hydrogens (tertiary/aromatic N) is 4. The number of rotatable bonds is 1. The molecule has 2 aliphatic rings. The number of hydrogen-bond donors (Lipinski definition) is 1. The van der Waals surface area contributed by atoms with E-state index in [4.69, 9.17) is 11.6 Å². The van der Waals surface area contributed by atoms with Crippen molar-refractivity contribution in [1.82, 2.24) is 20.3 Å². The van der Waals surface area contributed by atoms with E-state index in [0.717, 1.165) is 36.5 Å². The van der Waals surface area contributed by atoms with Gasteiger partial charge in [-0.1, -0.05) is 11.6 Å². The lowest BCUT2D eigenvalue weighted by atomic mass is 10.1. The zero-order valence-corrected chi connectivity index (χ0v) is 11.1. The van der Waals surface area contributed by atoms with E-state index < -0.39 is 0 Å². The van der Waals surface area contributed by atoms with E-state index in [2.05, 4.69) is 25.2 Å². The van der Waals surface area contributed by atoms with Crippen molar-refractivity contribution in [2.75, 3.05) is 24.5 Å². The van der Waals surface area contributed by atoms with Gasteiger partial charge in [-0.3, -0.25) is 4.98 Å². The predicted molar refractivity (Wildman–Crippen MR) is 74.5 cm³/mol. The third kappa shape index (κ3) is 1.84. The van der Waals surface area contributed by atoms with Crippen molar-refractivity contribution in [3.8, 4) is 0 Å². The first-order chi connectivity index (χ1) is 9.31. The zero-order chi connectivity index (χ0) is 12.8. The van der Waals surface area contributed by atoms with Crippen molar-refractivity contribution < 1.29 is 0 Å². The first-order valence-corrected chi connectivity index (χ1v) is 6.94. The summed E-state index contributed by atoms with van der Waals surface area (Å²) in [6.45, 7) is 3.13. The molecule has 5 nitrogen and oxygen atoms in total. The number of anilines is 1. The van der Waals surface area contributed by atoms with Gasteiger partial charge >= 0.3 is 0 Å². The minimum absolute atomic E-state index is 0.480. The van der Waals surface area contributed by atoms with Crippen LogP contribution in [0.1, 0.15) is 6.42 Å². The van der Waals surface area contributed by atoms with Crippen LogP contribution in [0.3, 0.4) is 0 Å². The van der Waals surface area contributed by atoms with E-state index in [9.17, 15) is 0 Å². The number of hydrogen-bond acceptors (Lipinski definition) is 5. The molecule has 0 spiro atoms. The molecule has 2 atom stereocenters. The minimum atomic E-state index is 0.480. The normalized spacial score (nSPS) is 26.1. The lowest BCUT2D eigenvalue weighted by molar-refractivity contribution is 0.556. The Morgan fingerprint density at radius 3 is 3.05 bits per heavy atom. The summed E-state index contributed by atoms with van der Waals surface area (Å²) < 4.78 is 0. The summed E-state index contributed by atoms with van der Waals surface area (Å²) in [5.74, 6) is 1.58. The van der Waals surface area contributed by atoms with E-state index in [1.807, 2.05) is 0 Å². The van der Waals surface area contributed by atoms with E-state index in [0.29, 0.717) is 17.1 Å². The molecule has 0 aromatic carbocycles. The van der Waals surface area contributed by atoms with Crippen LogP contribution in [-0.2, 0) is 0 Å². The first-order valence-electron chi connectivity index (χ1n) is 6.57. The quantitative estimate of drug-likeness (QED) is 0.799. The number of pyridine rings is 1. The molecule has 2 fully saturated rings. The molecule has 2 aliphatic heterocycles. The van der Waals surface area contributed by atoms with Gasteiger partial charge in [0.2, 0.25) is 0 Å². The lowest BCUT2D eigenvalue weighted by Gasteiger charge is -2.19. The minimum Gasteiger partial charge on any atom is -0.353 e. The molecule has 19 heavy (non-hydrogen) atoms. The largest absolute Gasteiger partial charge is 0.353 e. The highest BCUT2D eigenvalue weighted by atomic mass is 35.5. The molecule has 0 aliphatic carbocycles. The molecule has 0 amide bonds. The van der Waals surface area contributed by atoms with Gasteiger partial charge in [0, 0.05) is 37.6 Å². The Morgan fingerprint density at radius 2 is 2.16 bits per heavy atom. The Hall–Kier alpha value is -1.46. The molecular formula is C13H14ClN5. The van der Waals surface area contributed by atoms with E-state index in [-0.39, 0.29) is 0 Å². The molecule has 98 valence electrons. The molecule has 0 saturated carbocycles. The average Bonchev–Trinajstić information content (AvgIpc) is 2.98. The van der Waals surface area contributed by atoms with Crippen molar-refractivity contribution >= 4 is 28.5 Å². The molecule has 0 bridgehead atoms. The molecule has 2 aromatic heterocycles.